The highest BCUT2D eigenvalue weighted by molar-refractivity contribution is 6.31. The maximum absolute atomic E-state index is 12.3. The Hall–Kier alpha value is -0.770. The summed E-state index contributed by atoms with van der Waals surface area (Å²) in [5, 5.41) is 3.74. The molecule has 0 heterocycles. The third-order valence-corrected chi connectivity index (χ3v) is 4.57. The molecule has 3 N–H and O–H groups in total. The topological polar surface area (TPSA) is 55.1 Å². The number of nitrogens with two attached hydrogens (primary N) is 1. The Kier molecular flexibility index (Phi) is 6.09. The van der Waals surface area contributed by atoms with Crippen LogP contribution in [0, 0.1) is 0 Å². The van der Waals surface area contributed by atoms with Crippen molar-refractivity contribution in [3.05, 3.63) is 34.9 Å². The van der Waals surface area contributed by atoms with Gasteiger partial charge in [-0.15, -0.1) is 12.4 Å². The highest BCUT2D eigenvalue weighted by Crippen LogP contribution is 2.30. The van der Waals surface area contributed by atoms with Crippen molar-refractivity contribution < 1.29 is 4.79 Å². The number of amides is 1. The summed E-state index contributed by atoms with van der Waals surface area (Å²) in [7, 11) is 0. The summed E-state index contributed by atoms with van der Waals surface area (Å²) >= 11 is 6.24. The van der Waals surface area contributed by atoms with Gasteiger partial charge < -0.3 is 11.1 Å². The first kappa shape index (κ1) is 18.3. The van der Waals surface area contributed by atoms with E-state index in [1.807, 2.05) is 24.3 Å². The lowest BCUT2D eigenvalue weighted by Gasteiger charge is -2.29. The van der Waals surface area contributed by atoms with Crippen LogP contribution >= 0.6 is 24.0 Å². The minimum Gasteiger partial charge on any atom is -0.354 e. The molecule has 0 atom stereocenters. The molecule has 0 unspecified atom stereocenters. The van der Waals surface area contributed by atoms with Gasteiger partial charge in [0, 0.05) is 17.0 Å². The molecule has 0 spiro atoms. The molecule has 2 rings (SSSR count). The van der Waals surface area contributed by atoms with Gasteiger partial charge in [0.1, 0.15) is 0 Å². The molecule has 1 fully saturated rings. The maximum atomic E-state index is 12.3. The standard InChI is InChI=1S/C16H23ClN2O.ClH/c1-15(2,12-7-3-4-8-13(12)17)11-19-14(20)16(18)9-5-6-10-16;/h3-4,7-8H,5-6,9-11,18H2,1-2H3,(H,19,20);1H. The van der Waals surface area contributed by atoms with Crippen LogP contribution in [0.3, 0.4) is 0 Å². The molecule has 0 aliphatic heterocycles. The molecule has 1 amide bonds. The van der Waals surface area contributed by atoms with Crippen LogP contribution in [0.2, 0.25) is 5.02 Å². The average Bonchev–Trinajstić information content (AvgIpc) is 2.84. The van der Waals surface area contributed by atoms with Gasteiger partial charge >= 0.3 is 0 Å². The van der Waals surface area contributed by atoms with Crippen LogP contribution in [0.4, 0.5) is 0 Å². The summed E-state index contributed by atoms with van der Waals surface area (Å²) < 4.78 is 0. The molecule has 21 heavy (non-hydrogen) atoms. The first-order chi connectivity index (χ1) is 9.35. The summed E-state index contributed by atoms with van der Waals surface area (Å²) in [6.07, 6.45) is 3.65. The quantitative estimate of drug-likeness (QED) is 0.888. The lowest BCUT2D eigenvalue weighted by atomic mass is 9.84. The fourth-order valence-electron chi connectivity index (χ4n) is 2.82. The van der Waals surface area contributed by atoms with Crippen molar-refractivity contribution in [2.75, 3.05) is 6.54 Å². The van der Waals surface area contributed by atoms with E-state index < -0.39 is 5.54 Å². The Morgan fingerprint density at radius 3 is 2.48 bits per heavy atom. The van der Waals surface area contributed by atoms with E-state index in [1.54, 1.807) is 0 Å². The van der Waals surface area contributed by atoms with Crippen molar-refractivity contribution in [3.63, 3.8) is 0 Å². The summed E-state index contributed by atoms with van der Waals surface area (Å²) in [6, 6.07) is 7.75. The molecule has 0 saturated heterocycles. The van der Waals surface area contributed by atoms with Crippen molar-refractivity contribution in [2.24, 2.45) is 5.73 Å². The lowest BCUT2D eigenvalue weighted by molar-refractivity contribution is -0.126. The smallest absolute Gasteiger partial charge is 0.240 e. The van der Waals surface area contributed by atoms with E-state index in [2.05, 4.69) is 19.2 Å². The van der Waals surface area contributed by atoms with Gasteiger partial charge in [-0.3, -0.25) is 4.79 Å². The molecular weight excluding hydrogens is 307 g/mol. The SMILES string of the molecule is CC(C)(CNC(=O)C1(N)CCCC1)c1ccccc1Cl.Cl. The molecule has 1 aliphatic carbocycles. The van der Waals surface area contributed by atoms with E-state index >= 15 is 0 Å². The number of hydrogen-bond donors (Lipinski definition) is 2. The minimum absolute atomic E-state index is 0. The van der Waals surface area contributed by atoms with E-state index in [0.717, 1.165) is 36.3 Å². The molecule has 0 radical (unpaired) electrons. The van der Waals surface area contributed by atoms with Gasteiger partial charge in [0.15, 0.2) is 0 Å². The number of benzene rings is 1. The number of carbonyl (C=O) groups is 1. The zero-order valence-corrected chi connectivity index (χ0v) is 14.2. The lowest BCUT2D eigenvalue weighted by Crippen LogP contribution is -2.53. The van der Waals surface area contributed by atoms with Crippen LogP contribution in [-0.2, 0) is 10.2 Å². The predicted octanol–water partition coefficient (Wildman–Crippen LogP) is 3.43. The third kappa shape index (κ3) is 4.12. The van der Waals surface area contributed by atoms with Crippen LogP contribution in [0.15, 0.2) is 24.3 Å². The van der Waals surface area contributed by atoms with Crippen LogP contribution in [-0.4, -0.2) is 18.0 Å². The molecule has 1 saturated carbocycles. The summed E-state index contributed by atoms with van der Waals surface area (Å²) in [4.78, 5) is 12.3. The second-order valence-corrected chi connectivity index (χ2v) is 6.82. The summed E-state index contributed by atoms with van der Waals surface area (Å²) in [6.45, 7) is 4.69. The van der Waals surface area contributed by atoms with Crippen molar-refractivity contribution in [1.82, 2.24) is 5.32 Å². The Bertz CT molecular complexity index is 497. The molecule has 0 aromatic heterocycles. The molecule has 1 aromatic rings. The molecule has 5 heteroatoms. The molecule has 1 aliphatic rings. The van der Waals surface area contributed by atoms with E-state index in [-0.39, 0.29) is 23.7 Å². The molecule has 0 bridgehead atoms. The van der Waals surface area contributed by atoms with Crippen molar-refractivity contribution in [1.29, 1.82) is 0 Å². The summed E-state index contributed by atoms with van der Waals surface area (Å²) in [5.41, 5.74) is 6.31. The normalized spacial score (nSPS) is 17.1. The fraction of sp³-hybridized carbons (Fsp3) is 0.562. The zero-order chi connectivity index (χ0) is 14.8. The Morgan fingerprint density at radius 1 is 1.33 bits per heavy atom. The van der Waals surface area contributed by atoms with Crippen LogP contribution in [0.25, 0.3) is 0 Å². The van der Waals surface area contributed by atoms with Crippen LogP contribution in [0.1, 0.15) is 45.1 Å². The maximum Gasteiger partial charge on any atom is 0.240 e. The Morgan fingerprint density at radius 2 is 1.90 bits per heavy atom. The van der Waals surface area contributed by atoms with Gasteiger partial charge in [-0.05, 0) is 24.5 Å². The molecule has 1 aromatic carbocycles. The summed E-state index contributed by atoms with van der Waals surface area (Å²) in [5.74, 6) is -0.0323. The number of rotatable bonds is 4. The Labute approximate surface area is 138 Å². The first-order valence-electron chi connectivity index (χ1n) is 7.17. The van der Waals surface area contributed by atoms with Crippen molar-refractivity contribution >= 4 is 29.9 Å². The largest absolute Gasteiger partial charge is 0.354 e. The first-order valence-corrected chi connectivity index (χ1v) is 7.55. The predicted molar refractivity (Wildman–Crippen MR) is 90.1 cm³/mol. The fourth-order valence-corrected chi connectivity index (χ4v) is 3.21. The van der Waals surface area contributed by atoms with E-state index in [0.29, 0.717) is 6.54 Å². The van der Waals surface area contributed by atoms with Gasteiger partial charge in [-0.1, -0.05) is 56.5 Å². The van der Waals surface area contributed by atoms with Gasteiger partial charge in [0.25, 0.3) is 0 Å². The van der Waals surface area contributed by atoms with Crippen LogP contribution in [0.5, 0.6) is 0 Å². The zero-order valence-electron chi connectivity index (χ0n) is 12.6. The highest BCUT2D eigenvalue weighted by atomic mass is 35.5. The number of carbonyl (C=O) groups excluding carboxylic acids is 1. The minimum atomic E-state index is -0.670. The van der Waals surface area contributed by atoms with Gasteiger partial charge in [0.05, 0.1) is 5.54 Å². The van der Waals surface area contributed by atoms with E-state index in [9.17, 15) is 4.79 Å². The Balaban J connectivity index is 0.00000220. The number of hydrogen-bond acceptors (Lipinski definition) is 2. The third-order valence-electron chi connectivity index (χ3n) is 4.24. The van der Waals surface area contributed by atoms with E-state index in [4.69, 9.17) is 17.3 Å². The van der Waals surface area contributed by atoms with E-state index in [1.165, 1.54) is 0 Å². The van der Waals surface area contributed by atoms with Crippen LogP contribution < -0.4 is 11.1 Å². The second kappa shape index (κ2) is 6.99. The van der Waals surface area contributed by atoms with Gasteiger partial charge in [-0.2, -0.15) is 0 Å². The molecule has 118 valence electrons. The molecular formula is C16H24Cl2N2O. The van der Waals surface area contributed by atoms with Gasteiger partial charge in [-0.25, -0.2) is 0 Å². The van der Waals surface area contributed by atoms with Gasteiger partial charge in [0.2, 0.25) is 5.91 Å². The molecule has 3 nitrogen and oxygen atoms in total. The van der Waals surface area contributed by atoms with Crippen molar-refractivity contribution in [3.8, 4) is 0 Å². The second-order valence-electron chi connectivity index (χ2n) is 6.41. The number of nitrogens with one attached hydrogen (secondary N) is 1. The monoisotopic (exact) mass is 330 g/mol. The number of halogens is 2. The average molecular weight is 331 g/mol. The highest BCUT2D eigenvalue weighted by Gasteiger charge is 2.37. The van der Waals surface area contributed by atoms with Crippen molar-refractivity contribution in [2.45, 2.75) is 50.5 Å².